The molecule has 114 valence electrons. The van der Waals surface area contributed by atoms with Gasteiger partial charge in [-0.3, -0.25) is 15.0 Å². The third-order valence-electron chi connectivity index (χ3n) is 4.38. The standard InChI is InChI=1S/C13H18ClN5O2/c1-9-7-17-5-3-2-4-10(17)8-18(9)12-11(19(20)21)6-15-13(14)16-12/h6,9-10H,2-5,7-8H2,1H3. The molecule has 0 N–H and O–H groups in total. The molecule has 1 aromatic heterocycles. The fourth-order valence-electron chi connectivity index (χ4n) is 3.33. The van der Waals surface area contributed by atoms with Gasteiger partial charge in [-0.15, -0.1) is 0 Å². The predicted octanol–water partition coefficient (Wildman–Crippen LogP) is 2.10. The van der Waals surface area contributed by atoms with Crippen LogP contribution >= 0.6 is 11.6 Å². The number of hydrogen-bond donors (Lipinski definition) is 0. The van der Waals surface area contributed by atoms with Crippen LogP contribution in [0.4, 0.5) is 11.5 Å². The predicted molar refractivity (Wildman–Crippen MR) is 79.7 cm³/mol. The molecule has 7 nitrogen and oxygen atoms in total. The molecule has 2 aliphatic heterocycles. The summed E-state index contributed by atoms with van der Waals surface area (Å²) in [5.41, 5.74) is -0.0736. The normalized spacial score (nSPS) is 26.5. The molecule has 0 radical (unpaired) electrons. The lowest BCUT2D eigenvalue weighted by atomic mass is 9.97. The molecular weight excluding hydrogens is 294 g/mol. The molecule has 0 bridgehead atoms. The van der Waals surface area contributed by atoms with Crippen molar-refractivity contribution in [2.75, 3.05) is 24.5 Å². The van der Waals surface area contributed by atoms with E-state index in [-0.39, 0.29) is 17.0 Å². The Kier molecular flexibility index (Phi) is 3.95. The van der Waals surface area contributed by atoms with E-state index in [9.17, 15) is 10.1 Å². The van der Waals surface area contributed by atoms with Crippen molar-refractivity contribution in [3.63, 3.8) is 0 Å². The number of aromatic nitrogens is 2. The van der Waals surface area contributed by atoms with E-state index in [1.807, 2.05) is 4.90 Å². The molecule has 8 heteroatoms. The lowest BCUT2D eigenvalue weighted by Crippen LogP contribution is -2.59. The second-order valence-corrected chi connectivity index (χ2v) is 6.09. The quantitative estimate of drug-likeness (QED) is 0.473. The van der Waals surface area contributed by atoms with Gasteiger partial charge in [0.05, 0.1) is 4.92 Å². The first-order valence-corrected chi connectivity index (χ1v) is 7.61. The summed E-state index contributed by atoms with van der Waals surface area (Å²) in [5, 5.41) is 11.3. The summed E-state index contributed by atoms with van der Waals surface area (Å²) in [4.78, 5) is 23.1. The highest BCUT2D eigenvalue weighted by Gasteiger charge is 2.36. The Labute approximate surface area is 128 Å². The molecule has 0 aromatic carbocycles. The van der Waals surface area contributed by atoms with Gasteiger partial charge in [0.1, 0.15) is 6.20 Å². The van der Waals surface area contributed by atoms with E-state index < -0.39 is 4.92 Å². The Bertz CT molecular complexity index is 555. The van der Waals surface area contributed by atoms with E-state index in [1.54, 1.807) is 0 Å². The van der Waals surface area contributed by atoms with Crippen molar-refractivity contribution in [2.45, 2.75) is 38.3 Å². The van der Waals surface area contributed by atoms with Crippen LogP contribution in [0.3, 0.4) is 0 Å². The Morgan fingerprint density at radius 3 is 3.00 bits per heavy atom. The highest BCUT2D eigenvalue weighted by Crippen LogP contribution is 2.32. The van der Waals surface area contributed by atoms with Gasteiger partial charge in [0.2, 0.25) is 11.1 Å². The minimum absolute atomic E-state index is 0.0499. The Hall–Kier alpha value is -1.47. The topological polar surface area (TPSA) is 75.4 Å². The van der Waals surface area contributed by atoms with Gasteiger partial charge in [-0.1, -0.05) is 6.42 Å². The molecule has 21 heavy (non-hydrogen) atoms. The van der Waals surface area contributed by atoms with Crippen LogP contribution < -0.4 is 4.90 Å². The molecule has 3 heterocycles. The van der Waals surface area contributed by atoms with Crippen LogP contribution in [0.5, 0.6) is 0 Å². The summed E-state index contributed by atoms with van der Waals surface area (Å²) < 4.78 is 0. The van der Waals surface area contributed by atoms with Crippen LogP contribution in [0, 0.1) is 10.1 Å². The van der Waals surface area contributed by atoms with Crippen molar-refractivity contribution < 1.29 is 4.92 Å². The monoisotopic (exact) mass is 311 g/mol. The maximum Gasteiger partial charge on any atom is 0.329 e. The summed E-state index contributed by atoms with van der Waals surface area (Å²) in [7, 11) is 0. The average Bonchev–Trinajstić information content (AvgIpc) is 2.46. The molecule has 3 rings (SSSR count). The lowest BCUT2D eigenvalue weighted by molar-refractivity contribution is -0.384. The van der Waals surface area contributed by atoms with Crippen LogP contribution in [0.2, 0.25) is 5.28 Å². The Morgan fingerprint density at radius 2 is 2.24 bits per heavy atom. The fraction of sp³-hybridized carbons (Fsp3) is 0.692. The van der Waals surface area contributed by atoms with Gasteiger partial charge in [-0.25, -0.2) is 4.98 Å². The minimum Gasteiger partial charge on any atom is -0.345 e. The van der Waals surface area contributed by atoms with E-state index in [0.29, 0.717) is 11.9 Å². The van der Waals surface area contributed by atoms with Gasteiger partial charge < -0.3 is 4.90 Å². The largest absolute Gasteiger partial charge is 0.345 e. The lowest BCUT2D eigenvalue weighted by Gasteiger charge is -2.47. The first kappa shape index (κ1) is 14.5. The molecule has 2 atom stereocenters. The van der Waals surface area contributed by atoms with Gasteiger partial charge in [0.25, 0.3) is 0 Å². The number of hydrogen-bond acceptors (Lipinski definition) is 6. The molecule has 0 spiro atoms. The second-order valence-electron chi connectivity index (χ2n) is 5.75. The van der Waals surface area contributed by atoms with Crippen LogP contribution in [0.1, 0.15) is 26.2 Å². The first-order chi connectivity index (χ1) is 10.1. The zero-order valence-corrected chi connectivity index (χ0v) is 12.7. The second kappa shape index (κ2) is 5.73. The van der Waals surface area contributed by atoms with Crippen molar-refractivity contribution in [3.05, 3.63) is 21.6 Å². The van der Waals surface area contributed by atoms with Gasteiger partial charge in [0, 0.05) is 25.2 Å². The third kappa shape index (κ3) is 2.80. The molecule has 2 saturated heterocycles. The SMILES string of the molecule is CC1CN2CCCCC2CN1c1nc(Cl)ncc1[N+](=O)[O-]. The zero-order valence-electron chi connectivity index (χ0n) is 11.9. The number of halogens is 1. The maximum absolute atomic E-state index is 11.2. The molecule has 0 aliphatic carbocycles. The molecule has 2 aliphatic rings. The molecule has 2 fully saturated rings. The van der Waals surface area contributed by atoms with Gasteiger partial charge in [0.15, 0.2) is 0 Å². The smallest absolute Gasteiger partial charge is 0.329 e. The number of nitrogens with zero attached hydrogens (tertiary/aromatic N) is 5. The summed E-state index contributed by atoms with van der Waals surface area (Å²) in [5.74, 6) is 0.345. The molecule has 1 aromatic rings. The molecule has 0 saturated carbocycles. The summed E-state index contributed by atoms with van der Waals surface area (Å²) in [6.45, 7) is 4.86. The summed E-state index contributed by atoms with van der Waals surface area (Å²) in [6, 6.07) is 0.618. The van der Waals surface area contributed by atoms with Crippen LogP contribution in [-0.4, -0.2) is 51.5 Å². The number of fused-ring (bicyclic) bond motifs is 1. The van der Waals surface area contributed by atoms with E-state index in [2.05, 4.69) is 21.8 Å². The first-order valence-electron chi connectivity index (χ1n) is 7.24. The van der Waals surface area contributed by atoms with Crippen LogP contribution in [0.25, 0.3) is 0 Å². The van der Waals surface area contributed by atoms with Gasteiger partial charge in [-0.2, -0.15) is 4.98 Å². The minimum atomic E-state index is -0.439. The Morgan fingerprint density at radius 1 is 1.43 bits per heavy atom. The van der Waals surface area contributed by atoms with Crippen molar-refractivity contribution >= 4 is 23.1 Å². The molecular formula is C13H18ClN5O2. The summed E-state index contributed by atoms with van der Waals surface area (Å²) in [6.07, 6.45) is 4.79. The van der Waals surface area contributed by atoms with Gasteiger partial charge >= 0.3 is 5.69 Å². The van der Waals surface area contributed by atoms with Crippen molar-refractivity contribution in [1.29, 1.82) is 0 Å². The van der Waals surface area contributed by atoms with Crippen molar-refractivity contribution in [3.8, 4) is 0 Å². The van der Waals surface area contributed by atoms with Gasteiger partial charge in [-0.05, 0) is 37.9 Å². The maximum atomic E-state index is 11.2. The summed E-state index contributed by atoms with van der Waals surface area (Å²) >= 11 is 5.84. The van der Waals surface area contributed by atoms with E-state index >= 15 is 0 Å². The van der Waals surface area contributed by atoms with Crippen LogP contribution in [0.15, 0.2) is 6.20 Å². The third-order valence-corrected chi connectivity index (χ3v) is 4.56. The van der Waals surface area contributed by atoms with Crippen molar-refractivity contribution in [2.24, 2.45) is 0 Å². The number of rotatable bonds is 2. The van der Waals surface area contributed by atoms with Crippen LogP contribution in [-0.2, 0) is 0 Å². The molecule has 0 amide bonds. The highest BCUT2D eigenvalue weighted by molar-refractivity contribution is 6.28. The van der Waals surface area contributed by atoms with E-state index in [1.165, 1.54) is 19.0 Å². The number of anilines is 1. The highest BCUT2D eigenvalue weighted by atomic mass is 35.5. The van der Waals surface area contributed by atoms with E-state index in [4.69, 9.17) is 11.6 Å². The Balaban J connectivity index is 1.92. The number of piperazine rings is 1. The van der Waals surface area contributed by atoms with E-state index in [0.717, 1.165) is 26.1 Å². The number of nitro groups is 1. The average molecular weight is 312 g/mol. The molecule has 2 unspecified atom stereocenters. The fourth-order valence-corrected chi connectivity index (χ4v) is 3.46. The zero-order chi connectivity index (χ0) is 15.0. The number of piperidine rings is 1. The van der Waals surface area contributed by atoms with Crippen molar-refractivity contribution in [1.82, 2.24) is 14.9 Å².